The summed E-state index contributed by atoms with van der Waals surface area (Å²) in [6.45, 7) is 0. The van der Waals surface area contributed by atoms with E-state index < -0.39 is 0 Å². The van der Waals surface area contributed by atoms with E-state index in [1.807, 2.05) is 0 Å². The van der Waals surface area contributed by atoms with Crippen molar-refractivity contribution in [3.63, 3.8) is 0 Å². The monoisotopic (exact) mass is 168 g/mol. The highest BCUT2D eigenvalue weighted by Crippen LogP contribution is 2.31. The predicted octanol–water partition coefficient (Wildman–Crippen LogP) is 3.04. The number of rotatable bonds is 1. The first-order chi connectivity index (χ1) is 5.47. The zero-order valence-corrected chi connectivity index (χ0v) is 7.48. The van der Waals surface area contributed by atoms with Crippen LogP contribution >= 0.6 is 8.51 Å². The van der Waals surface area contributed by atoms with E-state index in [1.165, 1.54) is 37.8 Å². The molecule has 1 saturated carbocycles. The third kappa shape index (κ3) is 1.62. The topological polar surface area (TPSA) is 28.7 Å². The first-order valence-electron chi connectivity index (χ1n) is 4.33. The van der Waals surface area contributed by atoms with Crippen LogP contribution in [0.15, 0.2) is 6.20 Å². The smallest absolute Gasteiger partial charge is 0.129 e. The lowest BCUT2D eigenvalue weighted by Crippen LogP contribution is -2.04. The second-order valence-electron chi connectivity index (χ2n) is 3.23. The highest BCUT2D eigenvalue weighted by atomic mass is 31.1. The summed E-state index contributed by atoms with van der Waals surface area (Å²) in [5.74, 6) is 0.770. The van der Waals surface area contributed by atoms with E-state index in [0.717, 1.165) is 14.4 Å². The van der Waals surface area contributed by atoms with Gasteiger partial charge in [0.25, 0.3) is 0 Å². The van der Waals surface area contributed by atoms with E-state index in [9.17, 15) is 0 Å². The minimum atomic E-state index is 0.770. The summed E-state index contributed by atoms with van der Waals surface area (Å²) in [5, 5.41) is 0. The summed E-state index contributed by atoms with van der Waals surface area (Å²) in [6.07, 6.45) is 9.01. The Balaban J connectivity index is 2.04. The molecule has 1 aliphatic rings. The maximum atomic E-state index is 4.38. The molecule has 0 radical (unpaired) electrons. The van der Waals surface area contributed by atoms with E-state index in [0.29, 0.717) is 0 Å². The van der Waals surface area contributed by atoms with Gasteiger partial charge in [0.15, 0.2) is 0 Å². The van der Waals surface area contributed by atoms with Crippen LogP contribution in [0.4, 0.5) is 0 Å². The molecular formula is C8H13N2P. The molecule has 11 heavy (non-hydrogen) atoms. The Morgan fingerprint density at radius 1 is 1.36 bits per heavy atom. The van der Waals surface area contributed by atoms with Gasteiger partial charge in [0.1, 0.15) is 8.51 Å². The summed E-state index contributed by atoms with van der Waals surface area (Å²) in [5.41, 5.74) is 1.31. The normalized spacial score (nSPS) is 21.1. The van der Waals surface area contributed by atoms with E-state index in [1.54, 1.807) is 0 Å². The summed E-state index contributed by atoms with van der Waals surface area (Å²) in [7, 11) is 1.03. The molecule has 0 amide bonds. The van der Waals surface area contributed by atoms with Crippen LogP contribution in [-0.4, -0.2) is 9.49 Å². The van der Waals surface area contributed by atoms with Crippen LogP contribution in [0.5, 0.6) is 0 Å². The lowest BCUT2D eigenvalue weighted by Gasteiger charge is -2.18. The van der Waals surface area contributed by atoms with Crippen LogP contribution in [0.1, 0.15) is 43.7 Å². The number of nitrogens with zero attached hydrogens (tertiary/aromatic N) is 1. The number of H-pyrrole nitrogens is 1. The highest BCUT2D eigenvalue weighted by molar-refractivity contribution is 7.20. The molecule has 2 rings (SSSR count). The summed E-state index contributed by atoms with van der Waals surface area (Å²) in [4.78, 5) is 0. The molecule has 60 valence electrons. The maximum Gasteiger partial charge on any atom is 0.129 e. The number of nitrogens with one attached hydrogen (secondary N) is 1. The van der Waals surface area contributed by atoms with Gasteiger partial charge in [-0.3, -0.25) is 0 Å². The molecule has 1 N–H and O–H groups in total. The third-order valence-electron chi connectivity index (χ3n) is 2.46. The molecule has 3 heteroatoms. The number of aromatic nitrogens is 2. The van der Waals surface area contributed by atoms with Crippen LogP contribution in [0.3, 0.4) is 0 Å². The van der Waals surface area contributed by atoms with Gasteiger partial charge in [-0.05, 0) is 12.8 Å². The van der Waals surface area contributed by atoms with Crippen molar-refractivity contribution in [3.8, 4) is 0 Å². The van der Waals surface area contributed by atoms with E-state index in [-0.39, 0.29) is 0 Å². The largest absolute Gasteiger partial charge is 0.328 e. The molecule has 1 aromatic heterocycles. The Kier molecular flexibility index (Phi) is 2.23. The van der Waals surface area contributed by atoms with Crippen molar-refractivity contribution < 1.29 is 0 Å². The van der Waals surface area contributed by atoms with Crippen molar-refractivity contribution in [1.82, 2.24) is 9.49 Å². The molecule has 0 bridgehead atoms. The number of hydrogen-bond acceptors (Lipinski definition) is 1. The van der Waals surface area contributed by atoms with Crippen molar-refractivity contribution in [2.75, 3.05) is 0 Å². The number of aromatic amines is 1. The van der Waals surface area contributed by atoms with E-state index >= 15 is 0 Å². The maximum absolute atomic E-state index is 4.38. The van der Waals surface area contributed by atoms with Gasteiger partial charge in [0, 0.05) is 12.1 Å². The minimum Gasteiger partial charge on any atom is -0.328 e. The van der Waals surface area contributed by atoms with Gasteiger partial charge in [0.2, 0.25) is 0 Å². The lowest BCUT2D eigenvalue weighted by atomic mass is 9.87. The molecule has 2 nitrogen and oxygen atoms in total. The summed E-state index contributed by atoms with van der Waals surface area (Å²) in [6, 6.07) is 0. The van der Waals surface area contributed by atoms with E-state index in [4.69, 9.17) is 0 Å². The predicted molar refractivity (Wildman–Crippen MR) is 46.9 cm³/mol. The van der Waals surface area contributed by atoms with Crippen LogP contribution in [0.25, 0.3) is 0 Å². The fourth-order valence-corrected chi connectivity index (χ4v) is 2.39. The second-order valence-corrected chi connectivity index (χ2v) is 3.89. The number of hydrogen-bond donors (Lipinski definition) is 1. The van der Waals surface area contributed by atoms with Gasteiger partial charge < -0.3 is 4.75 Å². The molecule has 0 unspecified atom stereocenters. The van der Waals surface area contributed by atoms with Gasteiger partial charge in [-0.1, -0.05) is 19.3 Å². The van der Waals surface area contributed by atoms with Crippen molar-refractivity contribution >= 4 is 8.51 Å². The van der Waals surface area contributed by atoms with Gasteiger partial charge in [-0.15, -0.1) is 0 Å². The molecule has 0 spiro atoms. The SMILES string of the molecule is c1[nH]pnc1C1CCCCC1. The van der Waals surface area contributed by atoms with Crippen LogP contribution < -0.4 is 0 Å². The molecule has 1 fully saturated rings. The zero-order chi connectivity index (χ0) is 7.52. The fourth-order valence-electron chi connectivity index (χ4n) is 1.81. The molecule has 0 aromatic carbocycles. The molecular weight excluding hydrogens is 155 g/mol. The first kappa shape index (κ1) is 7.30. The Morgan fingerprint density at radius 2 is 2.18 bits per heavy atom. The standard InChI is InChI=1S/C8H13N2P/c1-2-4-7(5-3-1)8-6-9-11-10-8/h6-7H,1-5H2,(H,9,10). The minimum absolute atomic E-state index is 0.770. The van der Waals surface area contributed by atoms with Gasteiger partial charge in [0.05, 0.1) is 5.69 Å². The molecule has 0 saturated heterocycles. The van der Waals surface area contributed by atoms with Gasteiger partial charge >= 0.3 is 0 Å². The molecule has 1 aliphatic carbocycles. The average Bonchev–Trinajstić information content (AvgIpc) is 2.58. The van der Waals surface area contributed by atoms with Crippen LogP contribution in [0.2, 0.25) is 0 Å². The average molecular weight is 168 g/mol. The van der Waals surface area contributed by atoms with Crippen molar-refractivity contribution in [2.24, 2.45) is 0 Å². The fraction of sp³-hybridized carbons (Fsp3) is 0.750. The van der Waals surface area contributed by atoms with Crippen molar-refractivity contribution in [3.05, 3.63) is 11.9 Å². The highest BCUT2D eigenvalue weighted by Gasteiger charge is 2.16. The van der Waals surface area contributed by atoms with E-state index in [2.05, 4.69) is 15.7 Å². The van der Waals surface area contributed by atoms with Crippen LogP contribution in [0, 0.1) is 0 Å². The van der Waals surface area contributed by atoms with Crippen molar-refractivity contribution in [2.45, 2.75) is 38.0 Å². The third-order valence-corrected chi connectivity index (χ3v) is 3.03. The van der Waals surface area contributed by atoms with Gasteiger partial charge in [-0.25, -0.2) is 4.75 Å². The Morgan fingerprint density at radius 3 is 2.82 bits per heavy atom. The zero-order valence-electron chi connectivity index (χ0n) is 6.58. The Bertz CT molecular complexity index is 202. The van der Waals surface area contributed by atoms with Crippen LogP contribution in [-0.2, 0) is 0 Å². The molecule has 1 heterocycles. The summed E-state index contributed by atoms with van der Waals surface area (Å²) >= 11 is 0. The Labute approximate surface area is 68.7 Å². The molecule has 0 aliphatic heterocycles. The lowest BCUT2D eigenvalue weighted by molar-refractivity contribution is 0.438. The van der Waals surface area contributed by atoms with Gasteiger partial charge in [-0.2, -0.15) is 0 Å². The molecule has 0 atom stereocenters. The first-order valence-corrected chi connectivity index (χ1v) is 5.18. The quantitative estimate of drug-likeness (QED) is 0.685. The Hall–Kier alpha value is -0.360. The second kappa shape index (κ2) is 3.36. The summed E-state index contributed by atoms with van der Waals surface area (Å²) < 4.78 is 7.49. The molecule has 1 aromatic rings. The van der Waals surface area contributed by atoms with Crippen molar-refractivity contribution in [1.29, 1.82) is 0 Å².